The molecule has 0 spiro atoms. The highest BCUT2D eigenvalue weighted by molar-refractivity contribution is 7.14. The van der Waals surface area contributed by atoms with Gasteiger partial charge in [0.1, 0.15) is 5.00 Å². The molecule has 6 heteroatoms. The SMILES string of the molecule is Cc1cc(Cl)cc(C(=O)Nc2sccc2C(=O)O)c1. The minimum absolute atomic E-state index is 0.0806. The van der Waals surface area contributed by atoms with Gasteiger partial charge in [0.15, 0.2) is 0 Å². The Labute approximate surface area is 118 Å². The summed E-state index contributed by atoms with van der Waals surface area (Å²) in [7, 11) is 0. The molecule has 2 rings (SSSR count). The molecule has 0 fully saturated rings. The molecule has 0 saturated carbocycles. The van der Waals surface area contributed by atoms with Gasteiger partial charge in [0.05, 0.1) is 5.56 Å². The van der Waals surface area contributed by atoms with Crippen LogP contribution in [0.5, 0.6) is 0 Å². The number of benzene rings is 1. The number of thiophene rings is 1. The first-order valence-corrected chi connectivity index (χ1v) is 6.62. The van der Waals surface area contributed by atoms with Crippen LogP contribution in [0.1, 0.15) is 26.3 Å². The molecule has 0 saturated heterocycles. The summed E-state index contributed by atoms with van der Waals surface area (Å²) in [5.74, 6) is -1.45. The second-order valence-corrected chi connectivity index (χ2v) is 5.29. The van der Waals surface area contributed by atoms with Crippen molar-refractivity contribution in [2.24, 2.45) is 0 Å². The lowest BCUT2D eigenvalue weighted by Gasteiger charge is -2.05. The second kappa shape index (κ2) is 5.42. The van der Waals surface area contributed by atoms with Crippen molar-refractivity contribution in [2.75, 3.05) is 5.32 Å². The fourth-order valence-corrected chi connectivity index (χ4v) is 2.68. The fraction of sp³-hybridized carbons (Fsp3) is 0.0769. The Morgan fingerprint density at radius 1 is 1.32 bits per heavy atom. The van der Waals surface area contributed by atoms with Crippen LogP contribution in [0.3, 0.4) is 0 Å². The maximum atomic E-state index is 12.0. The third-order valence-electron chi connectivity index (χ3n) is 2.43. The lowest BCUT2D eigenvalue weighted by atomic mass is 10.1. The molecule has 19 heavy (non-hydrogen) atoms. The Hall–Kier alpha value is -1.85. The summed E-state index contributed by atoms with van der Waals surface area (Å²) in [5.41, 5.74) is 1.34. The summed E-state index contributed by atoms with van der Waals surface area (Å²) >= 11 is 7.05. The minimum atomic E-state index is -1.07. The normalized spacial score (nSPS) is 10.2. The van der Waals surface area contributed by atoms with Crippen molar-refractivity contribution in [3.8, 4) is 0 Å². The molecular weight excluding hydrogens is 286 g/mol. The van der Waals surface area contributed by atoms with E-state index in [1.165, 1.54) is 12.1 Å². The first-order valence-electron chi connectivity index (χ1n) is 5.36. The highest BCUT2D eigenvalue weighted by Crippen LogP contribution is 2.24. The average molecular weight is 296 g/mol. The molecule has 4 nitrogen and oxygen atoms in total. The number of carbonyl (C=O) groups excluding carboxylic acids is 1. The van der Waals surface area contributed by atoms with Gasteiger partial charge in [-0.15, -0.1) is 11.3 Å². The summed E-state index contributed by atoms with van der Waals surface area (Å²) in [4.78, 5) is 23.0. The first-order chi connectivity index (χ1) is 8.97. The Morgan fingerprint density at radius 3 is 2.68 bits per heavy atom. The van der Waals surface area contributed by atoms with Crippen LogP contribution in [-0.4, -0.2) is 17.0 Å². The molecular formula is C13H10ClNO3S. The Bertz CT molecular complexity index is 631. The van der Waals surface area contributed by atoms with Gasteiger partial charge in [-0.3, -0.25) is 4.79 Å². The van der Waals surface area contributed by atoms with Crippen LogP contribution in [0, 0.1) is 6.92 Å². The van der Waals surface area contributed by atoms with Crippen LogP contribution in [-0.2, 0) is 0 Å². The van der Waals surface area contributed by atoms with E-state index in [1.54, 1.807) is 17.5 Å². The van der Waals surface area contributed by atoms with Crippen molar-refractivity contribution in [3.63, 3.8) is 0 Å². The largest absolute Gasteiger partial charge is 0.478 e. The third kappa shape index (κ3) is 3.13. The highest BCUT2D eigenvalue weighted by atomic mass is 35.5. The Kier molecular flexibility index (Phi) is 3.87. The molecule has 0 radical (unpaired) electrons. The van der Waals surface area contributed by atoms with E-state index in [1.807, 2.05) is 6.92 Å². The number of hydrogen-bond acceptors (Lipinski definition) is 3. The van der Waals surface area contributed by atoms with E-state index < -0.39 is 5.97 Å². The van der Waals surface area contributed by atoms with E-state index in [9.17, 15) is 9.59 Å². The zero-order valence-electron chi connectivity index (χ0n) is 9.94. The van der Waals surface area contributed by atoms with Crippen molar-refractivity contribution in [1.29, 1.82) is 0 Å². The number of nitrogens with one attached hydrogen (secondary N) is 1. The molecule has 98 valence electrons. The Morgan fingerprint density at radius 2 is 2.05 bits per heavy atom. The molecule has 1 amide bonds. The maximum Gasteiger partial charge on any atom is 0.338 e. The zero-order valence-corrected chi connectivity index (χ0v) is 11.5. The number of hydrogen-bond donors (Lipinski definition) is 2. The predicted octanol–water partition coefficient (Wildman–Crippen LogP) is 3.66. The first kappa shape index (κ1) is 13.6. The van der Waals surface area contributed by atoms with E-state index in [2.05, 4.69) is 5.32 Å². The number of amides is 1. The Balaban J connectivity index is 2.25. The van der Waals surface area contributed by atoms with Crippen LogP contribution in [0.2, 0.25) is 5.02 Å². The number of carboxylic acids is 1. The van der Waals surface area contributed by atoms with Gasteiger partial charge < -0.3 is 10.4 Å². The van der Waals surface area contributed by atoms with Crippen LogP contribution in [0.4, 0.5) is 5.00 Å². The van der Waals surface area contributed by atoms with Crippen LogP contribution < -0.4 is 5.32 Å². The van der Waals surface area contributed by atoms with Crippen molar-refractivity contribution in [2.45, 2.75) is 6.92 Å². The summed E-state index contributed by atoms with van der Waals surface area (Å²) in [5, 5.41) is 13.9. The van der Waals surface area contributed by atoms with E-state index in [4.69, 9.17) is 16.7 Å². The zero-order chi connectivity index (χ0) is 14.0. The number of carboxylic acid groups (broad SMARTS) is 1. The van der Waals surface area contributed by atoms with Crippen molar-refractivity contribution >= 4 is 39.8 Å². The summed E-state index contributed by atoms with van der Waals surface area (Å²) < 4.78 is 0. The summed E-state index contributed by atoms with van der Waals surface area (Å²) in [6.07, 6.45) is 0. The number of aromatic carboxylic acids is 1. The van der Waals surface area contributed by atoms with Gasteiger partial charge in [0.25, 0.3) is 5.91 Å². The second-order valence-electron chi connectivity index (χ2n) is 3.94. The molecule has 2 N–H and O–H groups in total. The molecule has 1 aromatic heterocycles. The number of carbonyl (C=O) groups is 2. The number of aryl methyl sites for hydroxylation is 1. The topological polar surface area (TPSA) is 66.4 Å². The van der Waals surface area contributed by atoms with Gasteiger partial charge in [0.2, 0.25) is 0 Å². The molecule has 0 aliphatic heterocycles. The molecule has 1 aromatic carbocycles. The number of rotatable bonds is 3. The van der Waals surface area contributed by atoms with Crippen LogP contribution in [0.25, 0.3) is 0 Å². The smallest absolute Gasteiger partial charge is 0.338 e. The average Bonchev–Trinajstić information content (AvgIpc) is 2.75. The van der Waals surface area contributed by atoms with Crippen molar-refractivity contribution in [1.82, 2.24) is 0 Å². The minimum Gasteiger partial charge on any atom is -0.478 e. The molecule has 2 aromatic rings. The predicted molar refractivity (Wildman–Crippen MR) is 75.4 cm³/mol. The van der Waals surface area contributed by atoms with Gasteiger partial charge in [-0.2, -0.15) is 0 Å². The van der Waals surface area contributed by atoms with Gasteiger partial charge in [0, 0.05) is 10.6 Å². The molecule has 0 aliphatic carbocycles. The number of halogens is 1. The summed E-state index contributed by atoms with van der Waals surface area (Å²) in [6.45, 7) is 1.83. The van der Waals surface area contributed by atoms with E-state index >= 15 is 0 Å². The van der Waals surface area contributed by atoms with Gasteiger partial charge in [-0.05, 0) is 42.1 Å². The van der Waals surface area contributed by atoms with Crippen LogP contribution in [0.15, 0.2) is 29.6 Å². The molecule has 1 heterocycles. The van der Waals surface area contributed by atoms with Gasteiger partial charge >= 0.3 is 5.97 Å². The van der Waals surface area contributed by atoms with E-state index in [0.29, 0.717) is 15.6 Å². The monoisotopic (exact) mass is 295 g/mol. The lowest BCUT2D eigenvalue weighted by molar-refractivity contribution is 0.0698. The maximum absolute atomic E-state index is 12.0. The highest BCUT2D eigenvalue weighted by Gasteiger charge is 2.15. The number of anilines is 1. The van der Waals surface area contributed by atoms with E-state index in [0.717, 1.165) is 16.9 Å². The van der Waals surface area contributed by atoms with Crippen molar-refractivity contribution in [3.05, 3.63) is 51.4 Å². The van der Waals surface area contributed by atoms with Gasteiger partial charge in [-0.25, -0.2) is 4.79 Å². The molecule has 0 bridgehead atoms. The molecule has 0 unspecified atom stereocenters. The summed E-state index contributed by atoms with van der Waals surface area (Å²) in [6, 6.07) is 6.42. The fourth-order valence-electron chi connectivity index (χ4n) is 1.62. The molecule has 0 aliphatic rings. The quantitative estimate of drug-likeness (QED) is 0.908. The third-order valence-corrected chi connectivity index (χ3v) is 3.48. The van der Waals surface area contributed by atoms with Gasteiger partial charge in [-0.1, -0.05) is 11.6 Å². The lowest BCUT2D eigenvalue weighted by Crippen LogP contribution is -2.13. The standard InChI is InChI=1S/C13H10ClNO3S/c1-7-4-8(6-9(14)5-7)11(16)15-12-10(13(17)18)2-3-19-12/h2-6H,1H3,(H,15,16)(H,17,18). The molecule has 0 atom stereocenters. The van der Waals surface area contributed by atoms with E-state index in [-0.39, 0.29) is 11.5 Å². The van der Waals surface area contributed by atoms with Crippen molar-refractivity contribution < 1.29 is 14.7 Å². The van der Waals surface area contributed by atoms with Crippen LogP contribution >= 0.6 is 22.9 Å².